The maximum atomic E-state index is 12.4. The number of hydrogen-bond acceptors (Lipinski definition) is 7. The fraction of sp³-hybridized carbons (Fsp3) is 0.235. The van der Waals surface area contributed by atoms with Gasteiger partial charge in [-0.3, -0.25) is 9.59 Å². The highest BCUT2D eigenvalue weighted by Gasteiger charge is 2.23. The summed E-state index contributed by atoms with van der Waals surface area (Å²) in [6.07, 6.45) is -1.11. The predicted molar refractivity (Wildman–Crippen MR) is 95.9 cm³/mol. The number of hydrogen-bond donors (Lipinski definition) is 2. The third kappa shape index (κ3) is 4.31. The first-order valence-corrected chi connectivity index (χ1v) is 8.36. The molecule has 138 valence electrons. The van der Waals surface area contributed by atoms with E-state index >= 15 is 0 Å². The molecule has 2 amide bonds. The molecule has 0 aliphatic carbocycles. The van der Waals surface area contributed by atoms with E-state index in [0.717, 1.165) is 11.3 Å². The number of thiophene rings is 1. The van der Waals surface area contributed by atoms with E-state index in [0.29, 0.717) is 10.8 Å². The van der Waals surface area contributed by atoms with E-state index < -0.39 is 23.9 Å². The molecule has 1 heterocycles. The van der Waals surface area contributed by atoms with Crippen molar-refractivity contribution >= 4 is 34.1 Å². The standard InChI is InChI=1S/C17H18N2O6S/c1-9(15(21)19-16-11(14(18)20)6-7-26-16)25-17(22)12-8-10(23-2)4-5-13(12)24-3/h4-9H,1-3H3,(H2,18,20)(H,19,21). The predicted octanol–water partition coefficient (Wildman–Crippen LogP) is 2.05. The number of ether oxygens (including phenoxy) is 3. The first kappa shape index (κ1) is 19.3. The molecule has 0 saturated heterocycles. The molecule has 0 radical (unpaired) electrons. The van der Waals surface area contributed by atoms with Gasteiger partial charge in [0.2, 0.25) is 0 Å². The molecule has 2 aromatic rings. The molecular formula is C17H18N2O6S. The third-order valence-corrected chi connectivity index (χ3v) is 4.28. The summed E-state index contributed by atoms with van der Waals surface area (Å²) in [5.41, 5.74) is 5.55. The van der Waals surface area contributed by atoms with Crippen LogP contribution in [0.2, 0.25) is 0 Å². The molecule has 1 atom stereocenters. The number of carbonyl (C=O) groups excluding carboxylic acids is 3. The van der Waals surface area contributed by atoms with Crippen LogP contribution < -0.4 is 20.5 Å². The van der Waals surface area contributed by atoms with Crippen molar-refractivity contribution in [3.8, 4) is 11.5 Å². The Balaban J connectivity index is 2.10. The minimum Gasteiger partial charge on any atom is -0.497 e. The highest BCUT2D eigenvalue weighted by molar-refractivity contribution is 7.14. The van der Waals surface area contributed by atoms with Gasteiger partial charge in [-0.15, -0.1) is 11.3 Å². The second-order valence-electron chi connectivity index (χ2n) is 5.13. The van der Waals surface area contributed by atoms with Crippen molar-refractivity contribution in [1.29, 1.82) is 0 Å². The Morgan fingerprint density at radius 3 is 2.46 bits per heavy atom. The van der Waals surface area contributed by atoms with Crippen LogP contribution in [-0.2, 0) is 9.53 Å². The summed E-state index contributed by atoms with van der Waals surface area (Å²) >= 11 is 1.14. The SMILES string of the molecule is COc1ccc(OC)c(C(=O)OC(C)C(=O)Nc2sccc2C(N)=O)c1. The van der Waals surface area contributed by atoms with Crippen molar-refractivity contribution < 1.29 is 28.6 Å². The molecule has 26 heavy (non-hydrogen) atoms. The summed E-state index contributed by atoms with van der Waals surface area (Å²) < 4.78 is 15.4. The minimum absolute atomic E-state index is 0.125. The number of primary amides is 1. The molecule has 1 aromatic heterocycles. The zero-order valence-electron chi connectivity index (χ0n) is 14.4. The maximum Gasteiger partial charge on any atom is 0.342 e. The average Bonchev–Trinajstić information content (AvgIpc) is 3.09. The first-order valence-electron chi connectivity index (χ1n) is 7.48. The van der Waals surface area contributed by atoms with Crippen molar-refractivity contribution in [1.82, 2.24) is 0 Å². The number of benzene rings is 1. The summed E-state index contributed by atoms with van der Waals surface area (Å²) in [5.74, 6) is -1.26. The molecule has 3 N–H and O–H groups in total. The number of amides is 2. The lowest BCUT2D eigenvalue weighted by Crippen LogP contribution is -2.30. The van der Waals surface area contributed by atoms with Crippen LogP contribution in [0.25, 0.3) is 0 Å². The molecule has 0 bridgehead atoms. The van der Waals surface area contributed by atoms with Gasteiger partial charge in [-0.25, -0.2) is 4.79 Å². The largest absolute Gasteiger partial charge is 0.497 e. The molecule has 0 aliphatic rings. The number of anilines is 1. The summed E-state index contributed by atoms with van der Waals surface area (Å²) in [7, 11) is 2.88. The Morgan fingerprint density at radius 1 is 1.12 bits per heavy atom. The number of methoxy groups -OCH3 is 2. The van der Waals surface area contributed by atoms with Crippen LogP contribution in [0.1, 0.15) is 27.6 Å². The molecule has 0 aliphatic heterocycles. The Hall–Kier alpha value is -3.07. The first-order chi connectivity index (χ1) is 12.4. The smallest absolute Gasteiger partial charge is 0.342 e. The fourth-order valence-corrected chi connectivity index (χ4v) is 2.86. The van der Waals surface area contributed by atoms with E-state index in [2.05, 4.69) is 5.32 Å². The van der Waals surface area contributed by atoms with Gasteiger partial charge in [-0.05, 0) is 36.6 Å². The number of esters is 1. The van der Waals surface area contributed by atoms with Crippen molar-refractivity contribution in [3.05, 3.63) is 40.8 Å². The molecule has 1 unspecified atom stereocenters. The van der Waals surface area contributed by atoms with Crippen molar-refractivity contribution in [2.45, 2.75) is 13.0 Å². The lowest BCUT2D eigenvalue weighted by molar-refractivity contribution is -0.123. The Kier molecular flexibility index (Phi) is 6.18. The molecule has 2 rings (SSSR count). The molecule has 0 fully saturated rings. The number of nitrogens with one attached hydrogen (secondary N) is 1. The molecular weight excluding hydrogens is 360 g/mol. The van der Waals surface area contributed by atoms with E-state index in [9.17, 15) is 14.4 Å². The molecule has 0 spiro atoms. The van der Waals surface area contributed by atoms with Crippen molar-refractivity contribution in [2.24, 2.45) is 5.73 Å². The summed E-state index contributed by atoms with van der Waals surface area (Å²) in [6.45, 7) is 1.41. The van der Waals surface area contributed by atoms with Crippen LogP contribution in [0.3, 0.4) is 0 Å². The van der Waals surface area contributed by atoms with Crippen molar-refractivity contribution in [3.63, 3.8) is 0 Å². The monoisotopic (exact) mass is 378 g/mol. The van der Waals surface area contributed by atoms with E-state index in [-0.39, 0.29) is 16.9 Å². The quantitative estimate of drug-likeness (QED) is 0.712. The number of rotatable bonds is 7. The van der Waals surface area contributed by atoms with Gasteiger partial charge in [0.05, 0.1) is 19.8 Å². The summed E-state index contributed by atoms with van der Waals surface area (Å²) in [4.78, 5) is 35.9. The van der Waals surface area contributed by atoms with Crippen LogP contribution in [0.15, 0.2) is 29.6 Å². The molecule has 0 saturated carbocycles. The topological polar surface area (TPSA) is 117 Å². The lowest BCUT2D eigenvalue weighted by Gasteiger charge is -2.15. The zero-order chi connectivity index (χ0) is 19.3. The highest BCUT2D eigenvalue weighted by atomic mass is 32.1. The molecule has 1 aromatic carbocycles. The Bertz CT molecular complexity index is 832. The van der Waals surface area contributed by atoms with Gasteiger partial charge in [0, 0.05) is 0 Å². The van der Waals surface area contributed by atoms with Gasteiger partial charge in [0.1, 0.15) is 22.1 Å². The van der Waals surface area contributed by atoms with Gasteiger partial charge < -0.3 is 25.3 Å². The van der Waals surface area contributed by atoms with E-state index in [1.54, 1.807) is 17.5 Å². The second kappa shape index (κ2) is 8.34. The van der Waals surface area contributed by atoms with Gasteiger partial charge in [0.15, 0.2) is 6.10 Å². The summed E-state index contributed by atoms with van der Waals surface area (Å²) in [6, 6.07) is 6.15. The van der Waals surface area contributed by atoms with Gasteiger partial charge in [0.25, 0.3) is 11.8 Å². The van der Waals surface area contributed by atoms with Crippen molar-refractivity contribution in [2.75, 3.05) is 19.5 Å². The van der Waals surface area contributed by atoms with Gasteiger partial charge in [-0.2, -0.15) is 0 Å². The van der Waals surface area contributed by atoms with Gasteiger partial charge in [-0.1, -0.05) is 0 Å². The normalized spacial score (nSPS) is 11.3. The Labute approximate surface area is 153 Å². The third-order valence-electron chi connectivity index (χ3n) is 3.45. The highest BCUT2D eigenvalue weighted by Crippen LogP contribution is 2.26. The summed E-state index contributed by atoms with van der Waals surface area (Å²) in [5, 5.41) is 4.44. The van der Waals surface area contributed by atoms with Gasteiger partial charge >= 0.3 is 5.97 Å². The van der Waals surface area contributed by atoms with Crippen LogP contribution in [-0.4, -0.2) is 38.1 Å². The van der Waals surface area contributed by atoms with Crippen LogP contribution >= 0.6 is 11.3 Å². The zero-order valence-corrected chi connectivity index (χ0v) is 15.2. The lowest BCUT2D eigenvalue weighted by atomic mass is 10.2. The van der Waals surface area contributed by atoms with E-state index in [4.69, 9.17) is 19.9 Å². The van der Waals surface area contributed by atoms with Crippen LogP contribution in [0.5, 0.6) is 11.5 Å². The molecule has 8 nitrogen and oxygen atoms in total. The number of carbonyl (C=O) groups is 3. The fourth-order valence-electron chi connectivity index (χ4n) is 2.06. The van der Waals surface area contributed by atoms with E-state index in [1.807, 2.05) is 0 Å². The Morgan fingerprint density at radius 2 is 1.85 bits per heavy atom. The maximum absolute atomic E-state index is 12.4. The number of nitrogens with two attached hydrogens (primary N) is 1. The molecule has 9 heteroatoms. The average molecular weight is 378 g/mol. The van der Waals surface area contributed by atoms with Crippen LogP contribution in [0.4, 0.5) is 5.00 Å². The second-order valence-corrected chi connectivity index (χ2v) is 6.05. The van der Waals surface area contributed by atoms with Crippen LogP contribution in [0, 0.1) is 0 Å². The van der Waals surface area contributed by atoms with E-state index in [1.165, 1.54) is 33.3 Å². The minimum atomic E-state index is -1.11.